The van der Waals surface area contributed by atoms with E-state index in [0.717, 1.165) is 22.0 Å². The molecule has 0 aliphatic carbocycles. The van der Waals surface area contributed by atoms with Crippen molar-refractivity contribution in [3.8, 4) is 0 Å². The van der Waals surface area contributed by atoms with Crippen molar-refractivity contribution >= 4 is 50.1 Å². The minimum absolute atomic E-state index is 0.113. The molecule has 0 saturated heterocycles. The summed E-state index contributed by atoms with van der Waals surface area (Å²) >= 11 is 4.66. The molecule has 0 aliphatic heterocycles. The molecule has 124 valence electrons. The fourth-order valence-corrected chi connectivity index (χ4v) is 1.84. The first-order chi connectivity index (χ1) is 10.6. The Balaban J connectivity index is 0.000000463. The molecule has 2 aromatic rings. The molecule has 0 spiro atoms. The summed E-state index contributed by atoms with van der Waals surface area (Å²) in [5, 5.41) is 5.96. The van der Waals surface area contributed by atoms with Crippen LogP contribution in [0.5, 0.6) is 0 Å². The Bertz CT molecular complexity index is 834. The predicted octanol–water partition coefficient (Wildman–Crippen LogP) is 0.797. The smallest absolute Gasteiger partial charge is 0.261 e. The lowest BCUT2D eigenvalue weighted by Gasteiger charge is -2.07. The zero-order valence-corrected chi connectivity index (χ0v) is 14.1. The number of rotatable bonds is 2. The first-order valence-electron chi connectivity index (χ1n) is 6.24. The number of pyridine rings is 1. The molecule has 0 bridgehead atoms. The monoisotopic (exact) mass is 355 g/mol. The highest BCUT2D eigenvalue weighted by atomic mass is 32.2. The molecule has 0 atom stereocenters. The van der Waals surface area contributed by atoms with Crippen LogP contribution in [0.3, 0.4) is 0 Å². The van der Waals surface area contributed by atoms with Crippen molar-refractivity contribution in [3.63, 3.8) is 0 Å². The van der Waals surface area contributed by atoms with Gasteiger partial charge in [-0.3, -0.25) is 15.0 Å². The van der Waals surface area contributed by atoms with Gasteiger partial charge in [0.25, 0.3) is 10.1 Å². The third-order valence-corrected chi connectivity index (χ3v) is 2.62. The number of nitrogens with one attached hydrogen (secondary N) is 1. The second-order valence-electron chi connectivity index (χ2n) is 4.56. The molecule has 0 unspecified atom stereocenters. The third kappa shape index (κ3) is 6.55. The number of nitrogens with zero attached hydrogens (tertiary/aromatic N) is 2. The van der Waals surface area contributed by atoms with Crippen molar-refractivity contribution in [1.29, 1.82) is 0 Å². The van der Waals surface area contributed by atoms with E-state index in [2.05, 4.69) is 27.7 Å². The number of anilines is 1. The number of hydrogen-bond donors (Lipinski definition) is 4. The van der Waals surface area contributed by atoms with Gasteiger partial charge in [-0.1, -0.05) is 12.1 Å². The van der Waals surface area contributed by atoms with Gasteiger partial charge in [0, 0.05) is 22.7 Å². The molecule has 0 aliphatic rings. The summed E-state index contributed by atoms with van der Waals surface area (Å²) < 4.78 is 25.9. The first-order valence-corrected chi connectivity index (χ1v) is 8.50. The van der Waals surface area contributed by atoms with Crippen LogP contribution in [0.15, 0.2) is 29.5 Å². The lowest BCUT2D eigenvalue weighted by atomic mass is 10.0. The number of hydrazone groups is 1. The summed E-state index contributed by atoms with van der Waals surface area (Å²) in [7, 11) is -3.67. The molecule has 8 nitrogen and oxygen atoms in total. The van der Waals surface area contributed by atoms with Crippen molar-refractivity contribution in [3.05, 3.63) is 35.7 Å². The normalized spacial score (nSPS) is 11.1. The van der Waals surface area contributed by atoms with Gasteiger partial charge in [-0.25, -0.2) is 0 Å². The number of nitrogens with two attached hydrogens (primary N) is 2. The van der Waals surface area contributed by atoms with Crippen LogP contribution in [0.1, 0.15) is 11.3 Å². The van der Waals surface area contributed by atoms with Crippen LogP contribution in [0.2, 0.25) is 0 Å². The van der Waals surface area contributed by atoms with Gasteiger partial charge in [0.15, 0.2) is 5.11 Å². The van der Waals surface area contributed by atoms with E-state index in [-0.39, 0.29) is 5.11 Å². The Morgan fingerprint density at radius 1 is 1.48 bits per heavy atom. The number of aryl methyl sites for hydroxylation is 1. The number of aromatic nitrogens is 1. The molecule has 2 rings (SSSR count). The van der Waals surface area contributed by atoms with Gasteiger partial charge >= 0.3 is 0 Å². The summed E-state index contributed by atoms with van der Waals surface area (Å²) in [6.07, 6.45) is 4.05. The summed E-state index contributed by atoms with van der Waals surface area (Å²) in [4.78, 5) is 4.32. The van der Waals surface area contributed by atoms with Gasteiger partial charge in [-0.2, -0.15) is 13.5 Å². The van der Waals surface area contributed by atoms with Gasteiger partial charge in [-0.15, -0.1) is 0 Å². The minimum Gasteiger partial charge on any atom is -0.398 e. The number of nitrogen functional groups attached to an aromatic ring is 1. The standard InChI is InChI=1S/C12H13N5S.CH4O3S/c1-7-5-15-10(6-16-17-12(14)18)8-3-2-4-9(13)11(7)8;1-5(2,3)4/h2-6H,13H2,1H3,(H3,14,17,18);1H3,(H,2,3,4)/b16-6+;. The van der Waals surface area contributed by atoms with Crippen molar-refractivity contribution in [2.75, 3.05) is 12.0 Å². The van der Waals surface area contributed by atoms with E-state index in [1.165, 1.54) is 0 Å². The summed E-state index contributed by atoms with van der Waals surface area (Å²) in [6, 6.07) is 5.70. The largest absolute Gasteiger partial charge is 0.398 e. The Kier molecular flexibility index (Phi) is 6.37. The maximum Gasteiger partial charge on any atom is 0.261 e. The molecule has 23 heavy (non-hydrogen) atoms. The zero-order chi connectivity index (χ0) is 17.6. The predicted molar refractivity (Wildman–Crippen MR) is 95.9 cm³/mol. The van der Waals surface area contributed by atoms with E-state index < -0.39 is 10.1 Å². The molecular weight excluding hydrogens is 338 g/mol. The van der Waals surface area contributed by atoms with Crippen LogP contribution in [0.25, 0.3) is 10.8 Å². The van der Waals surface area contributed by atoms with Crippen molar-refractivity contribution in [2.24, 2.45) is 10.8 Å². The molecule has 0 saturated carbocycles. The number of thiocarbonyl (C=S) groups is 1. The summed E-state index contributed by atoms with van der Waals surface area (Å²) in [5.41, 5.74) is 16.2. The van der Waals surface area contributed by atoms with E-state index in [1.54, 1.807) is 12.4 Å². The fourth-order valence-electron chi connectivity index (χ4n) is 1.78. The highest BCUT2D eigenvalue weighted by Gasteiger charge is 2.05. The lowest BCUT2D eigenvalue weighted by molar-refractivity contribution is 0.490. The molecule has 0 amide bonds. The van der Waals surface area contributed by atoms with E-state index in [4.69, 9.17) is 16.0 Å². The highest BCUT2D eigenvalue weighted by molar-refractivity contribution is 7.85. The van der Waals surface area contributed by atoms with E-state index >= 15 is 0 Å². The second kappa shape index (κ2) is 7.81. The van der Waals surface area contributed by atoms with Gasteiger partial charge in [-0.05, 0) is 30.8 Å². The maximum atomic E-state index is 9.19. The van der Waals surface area contributed by atoms with Crippen LogP contribution in [-0.2, 0) is 10.1 Å². The Labute approximate surface area is 139 Å². The van der Waals surface area contributed by atoms with Crippen molar-refractivity contribution in [2.45, 2.75) is 6.92 Å². The topological polar surface area (TPSA) is 144 Å². The van der Waals surface area contributed by atoms with E-state index in [1.807, 2.05) is 25.1 Å². The van der Waals surface area contributed by atoms with Crippen molar-refractivity contribution in [1.82, 2.24) is 10.4 Å². The molecule has 1 aromatic heterocycles. The van der Waals surface area contributed by atoms with E-state index in [0.29, 0.717) is 11.9 Å². The Morgan fingerprint density at radius 3 is 2.65 bits per heavy atom. The van der Waals surface area contributed by atoms with Gasteiger partial charge < -0.3 is 11.5 Å². The van der Waals surface area contributed by atoms with Crippen LogP contribution in [0.4, 0.5) is 5.69 Å². The van der Waals surface area contributed by atoms with E-state index in [9.17, 15) is 8.42 Å². The summed E-state index contributed by atoms with van der Waals surface area (Å²) in [5.74, 6) is 0. The van der Waals surface area contributed by atoms with Crippen LogP contribution in [0, 0.1) is 6.92 Å². The molecular formula is C13H17N5O3S2. The van der Waals surface area contributed by atoms with Crippen LogP contribution < -0.4 is 16.9 Å². The molecule has 0 fully saturated rings. The third-order valence-electron chi connectivity index (χ3n) is 2.53. The Morgan fingerprint density at radius 2 is 2.09 bits per heavy atom. The molecule has 1 heterocycles. The number of hydrogen-bond acceptors (Lipinski definition) is 6. The number of benzene rings is 1. The molecule has 1 aromatic carbocycles. The highest BCUT2D eigenvalue weighted by Crippen LogP contribution is 2.25. The van der Waals surface area contributed by atoms with Crippen LogP contribution in [-0.4, -0.2) is 35.5 Å². The molecule has 0 radical (unpaired) electrons. The van der Waals surface area contributed by atoms with Crippen LogP contribution >= 0.6 is 12.2 Å². The first kappa shape index (κ1) is 18.7. The molecule has 10 heteroatoms. The van der Waals surface area contributed by atoms with Gasteiger partial charge in [0.2, 0.25) is 0 Å². The maximum absolute atomic E-state index is 9.19. The molecule has 6 N–H and O–H groups in total. The van der Waals surface area contributed by atoms with Gasteiger partial charge in [0.05, 0.1) is 18.2 Å². The zero-order valence-electron chi connectivity index (χ0n) is 12.5. The van der Waals surface area contributed by atoms with Gasteiger partial charge in [0.1, 0.15) is 0 Å². The lowest BCUT2D eigenvalue weighted by Crippen LogP contribution is -2.24. The number of fused-ring (bicyclic) bond motifs is 1. The second-order valence-corrected chi connectivity index (χ2v) is 6.47. The summed E-state index contributed by atoms with van der Waals surface area (Å²) in [6.45, 7) is 1.97. The average molecular weight is 355 g/mol. The average Bonchev–Trinajstić information content (AvgIpc) is 2.39. The SMILES string of the molecule is CS(=O)(=O)O.Cc1cnc(/C=N/NC(N)=S)c2cccc(N)c12. The fraction of sp³-hybridized carbons (Fsp3) is 0.154. The quantitative estimate of drug-likeness (QED) is 0.203. The minimum atomic E-state index is -3.67. The Hall–Kier alpha value is -2.30. The van der Waals surface area contributed by atoms with Crippen molar-refractivity contribution < 1.29 is 13.0 Å².